The zero-order chi connectivity index (χ0) is 22.5. The summed E-state index contributed by atoms with van der Waals surface area (Å²) in [5, 5.41) is 3.05. The van der Waals surface area contributed by atoms with Gasteiger partial charge in [0.2, 0.25) is 0 Å². The van der Waals surface area contributed by atoms with E-state index in [0.717, 1.165) is 25.6 Å². The lowest BCUT2D eigenvalue weighted by Gasteiger charge is -2.32. The molecule has 1 aliphatic rings. The van der Waals surface area contributed by atoms with Gasteiger partial charge < -0.3 is 9.31 Å². The van der Waals surface area contributed by atoms with Crippen LogP contribution in [0.3, 0.4) is 0 Å². The average Bonchev–Trinajstić information content (AvgIpc) is 3.14. The lowest BCUT2D eigenvalue weighted by molar-refractivity contribution is 0.00578. The van der Waals surface area contributed by atoms with Gasteiger partial charge in [0.15, 0.2) is 0 Å². The molecule has 0 radical (unpaired) electrons. The molecule has 1 aromatic heterocycles. The first-order valence-corrected chi connectivity index (χ1v) is 9.46. The van der Waals surface area contributed by atoms with Crippen molar-refractivity contribution >= 4 is 54.9 Å². The van der Waals surface area contributed by atoms with Crippen LogP contribution in [0.5, 0.6) is 0 Å². The number of benzene rings is 3. The quantitative estimate of drug-likeness (QED) is 0.414. The Bertz CT molecular complexity index is 1400. The van der Waals surface area contributed by atoms with Crippen LogP contribution in [0.4, 0.5) is 0 Å². The van der Waals surface area contributed by atoms with Crippen molar-refractivity contribution in [1.29, 1.82) is 0 Å². The Morgan fingerprint density at radius 2 is 1.65 bits per heavy atom. The van der Waals surface area contributed by atoms with Crippen LogP contribution >= 0.6 is 11.3 Å². The molecule has 2 heterocycles. The van der Waals surface area contributed by atoms with E-state index in [1.54, 1.807) is 18.2 Å². The van der Waals surface area contributed by atoms with E-state index in [4.69, 9.17) is 16.2 Å². The molecule has 0 spiro atoms. The summed E-state index contributed by atoms with van der Waals surface area (Å²) in [6, 6.07) is 7.15. The van der Waals surface area contributed by atoms with Gasteiger partial charge in [-0.3, -0.25) is 0 Å². The number of fused-ring (bicyclic) bond motifs is 5. The fourth-order valence-corrected chi connectivity index (χ4v) is 4.64. The fraction of sp³-hybridized carbons (Fsp3) is 0.273. The van der Waals surface area contributed by atoms with Crippen LogP contribution in [0, 0.1) is 0 Å². The zero-order valence-corrected chi connectivity index (χ0v) is 15.9. The third kappa shape index (κ3) is 2.19. The molecule has 1 aliphatic heterocycles. The summed E-state index contributed by atoms with van der Waals surface area (Å²) in [4.78, 5) is 0. The summed E-state index contributed by atoms with van der Waals surface area (Å²) in [5.74, 6) is 0. The fourth-order valence-electron chi connectivity index (χ4n) is 3.42. The van der Waals surface area contributed by atoms with E-state index in [9.17, 15) is 0 Å². The average molecular weight is 365 g/mol. The molecular formula is C22H21BO2S. The number of hydrogen-bond donors (Lipinski definition) is 0. The third-order valence-corrected chi connectivity index (χ3v) is 6.76. The van der Waals surface area contributed by atoms with Crippen molar-refractivity contribution in [2.24, 2.45) is 0 Å². The molecule has 0 aliphatic carbocycles. The summed E-state index contributed by atoms with van der Waals surface area (Å²) < 4.78 is 55.5. The molecule has 0 bridgehead atoms. The van der Waals surface area contributed by atoms with Crippen LogP contribution in [-0.4, -0.2) is 18.3 Å². The molecule has 0 saturated carbocycles. The van der Waals surface area contributed by atoms with Gasteiger partial charge >= 0.3 is 7.12 Å². The van der Waals surface area contributed by atoms with E-state index in [-0.39, 0.29) is 30.2 Å². The molecule has 0 atom stereocenters. The SMILES string of the molecule is [2H]c1cc2c(ccc3c2sc2cc([2H])c([2H])c(B4OC(C)(C)C(C)(C)O4)c23)c([2H])c1[2H]. The van der Waals surface area contributed by atoms with E-state index >= 15 is 0 Å². The molecule has 2 nitrogen and oxygen atoms in total. The zero-order valence-electron chi connectivity index (χ0n) is 20.1. The summed E-state index contributed by atoms with van der Waals surface area (Å²) in [5.41, 5.74) is -0.601. The first kappa shape index (κ1) is 11.8. The van der Waals surface area contributed by atoms with E-state index in [2.05, 4.69) is 0 Å². The first-order chi connectivity index (χ1) is 14.4. The van der Waals surface area contributed by atoms with Gasteiger partial charge in [0.05, 0.1) is 18.1 Å². The highest BCUT2D eigenvalue weighted by molar-refractivity contribution is 7.27. The highest BCUT2D eigenvalue weighted by atomic mass is 32.1. The van der Waals surface area contributed by atoms with E-state index in [0.29, 0.717) is 10.8 Å². The van der Waals surface area contributed by atoms with E-state index < -0.39 is 18.3 Å². The van der Waals surface area contributed by atoms with Gasteiger partial charge in [-0.1, -0.05) is 48.4 Å². The predicted molar refractivity (Wildman–Crippen MR) is 113 cm³/mol. The van der Waals surface area contributed by atoms with E-state index in [1.807, 2.05) is 33.8 Å². The van der Waals surface area contributed by atoms with Crippen molar-refractivity contribution in [1.82, 2.24) is 0 Å². The Morgan fingerprint density at radius 1 is 0.885 bits per heavy atom. The Morgan fingerprint density at radius 3 is 2.42 bits per heavy atom. The van der Waals surface area contributed by atoms with Crippen molar-refractivity contribution in [3.63, 3.8) is 0 Å². The Balaban J connectivity index is 1.88. The molecular weight excluding hydrogens is 339 g/mol. The maximum atomic E-state index is 8.65. The van der Waals surface area contributed by atoms with Crippen molar-refractivity contribution in [3.05, 3.63) is 54.5 Å². The number of thiophene rings is 1. The van der Waals surface area contributed by atoms with Crippen molar-refractivity contribution in [3.8, 4) is 0 Å². The normalized spacial score (nSPS) is 21.7. The van der Waals surface area contributed by atoms with Gasteiger partial charge in [-0.25, -0.2) is 0 Å². The molecule has 0 unspecified atom stereocenters. The Labute approximate surface area is 164 Å². The van der Waals surface area contributed by atoms with E-state index in [1.165, 1.54) is 11.3 Å². The second-order valence-electron chi connectivity index (χ2n) is 7.70. The topological polar surface area (TPSA) is 18.5 Å². The van der Waals surface area contributed by atoms with Gasteiger partial charge in [-0.2, -0.15) is 0 Å². The molecule has 5 rings (SSSR count). The van der Waals surface area contributed by atoms with Crippen LogP contribution in [-0.2, 0) is 9.31 Å². The smallest absolute Gasteiger partial charge is 0.399 e. The van der Waals surface area contributed by atoms with Gasteiger partial charge in [-0.15, -0.1) is 11.3 Å². The number of hydrogen-bond acceptors (Lipinski definition) is 3. The van der Waals surface area contributed by atoms with Crippen molar-refractivity contribution < 1.29 is 16.2 Å². The van der Waals surface area contributed by atoms with Crippen LogP contribution in [0.2, 0.25) is 0 Å². The minimum absolute atomic E-state index is 0.0102. The maximum absolute atomic E-state index is 8.65. The van der Waals surface area contributed by atoms with Gasteiger partial charge in [0.25, 0.3) is 0 Å². The third-order valence-electron chi connectivity index (χ3n) is 5.58. The molecule has 0 amide bonds. The van der Waals surface area contributed by atoms with Crippen LogP contribution in [0.25, 0.3) is 30.9 Å². The summed E-state index contributed by atoms with van der Waals surface area (Å²) in [6.45, 7) is 7.84. The monoisotopic (exact) mass is 365 g/mol. The number of rotatable bonds is 1. The van der Waals surface area contributed by atoms with Crippen molar-refractivity contribution in [2.75, 3.05) is 0 Å². The summed E-state index contributed by atoms with van der Waals surface area (Å²) >= 11 is 1.47. The van der Waals surface area contributed by atoms with Crippen LogP contribution in [0.15, 0.2) is 54.5 Å². The lowest BCUT2D eigenvalue weighted by Crippen LogP contribution is -2.41. The molecule has 1 saturated heterocycles. The standard InChI is InChI=1S/C22H21BO2S/c1-21(2)22(3,4)25-23(24-21)17-10-7-11-18-19(17)16-13-12-14-8-5-6-9-15(14)20(16)26-18/h5-13H,1-4H3/i5D,6D,7D,8D,10D. The van der Waals surface area contributed by atoms with Gasteiger partial charge in [0.1, 0.15) is 0 Å². The molecule has 4 aromatic rings. The molecule has 4 heteroatoms. The molecule has 3 aromatic carbocycles. The highest BCUT2D eigenvalue weighted by Crippen LogP contribution is 2.40. The second kappa shape index (κ2) is 5.32. The molecule has 26 heavy (non-hydrogen) atoms. The van der Waals surface area contributed by atoms with Crippen LogP contribution < -0.4 is 5.46 Å². The maximum Gasteiger partial charge on any atom is 0.495 e. The largest absolute Gasteiger partial charge is 0.495 e. The molecule has 0 N–H and O–H groups in total. The lowest BCUT2D eigenvalue weighted by atomic mass is 9.76. The summed E-state index contributed by atoms with van der Waals surface area (Å²) in [6.07, 6.45) is 0. The van der Waals surface area contributed by atoms with Crippen molar-refractivity contribution in [2.45, 2.75) is 38.9 Å². The predicted octanol–water partition coefficient (Wildman–Crippen LogP) is 5.51. The van der Waals surface area contributed by atoms with Gasteiger partial charge in [0, 0.05) is 20.2 Å². The minimum Gasteiger partial charge on any atom is -0.399 e. The first-order valence-electron chi connectivity index (χ1n) is 11.1. The Hall–Kier alpha value is -1.88. The van der Waals surface area contributed by atoms with Gasteiger partial charge in [-0.05, 0) is 50.0 Å². The minimum atomic E-state index is -0.770. The highest BCUT2D eigenvalue weighted by Gasteiger charge is 2.52. The van der Waals surface area contributed by atoms with Crippen LogP contribution in [0.1, 0.15) is 34.5 Å². The summed E-state index contributed by atoms with van der Waals surface area (Å²) in [7, 11) is -0.770. The Kier molecular flexibility index (Phi) is 2.41. The molecule has 1 fully saturated rings. The second-order valence-corrected chi connectivity index (χ2v) is 8.75. The molecule has 130 valence electrons.